The molecular weight excluding hydrogens is 400 g/mol. The van der Waals surface area contributed by atoms with E-state index in [1.807, 2.05) is 23.7 Å². The molecule has 2 aromatic rings. The molecule has 1 fully saturated rings. The number of hydrogen-bond acceptors (Lipinski definition) is 3. The van der Waals surface area contributed by atoms with Crippen molar-refractivity contribution >= 4 is 38.9 Å². The molecule has 0 aliphatic carbocycles. The van der Waals surface area contributed by atoms with Crippen molar-refractivity contribution in [1.82, 2.24) is 15.1 Å². The normalized spacial score (nSPS) is 16.8. The minimum atomic E-state index is 0.274. The van der Waals surface area contributed by atoms with Gasteiger partial charge in [0.25, 0.3) is 0 Å². The molecule has 7 heteroatoms. The first-order chi connectivity index (χ1) is 12.0. The van der Waals surface area contributed by atoms with Crippen molar-refractivity contribution in [3.8, 4) is 0 Å². The minimum absolute atomic E-state index is 0.274. The van der Waals surface area contributed by atoms with Crippen LogP contribution in [0.2, 0.25) is 0 Å². The van der Waals surface area contributed by atoms with Crippen molar-refractivity contribution in [3.05, 3.63) is 45.7 Å². The lowest BCUT2D eigenvalue weighted by molar-refractivity contribution is 0.114. The SMILES string of the molecule is Cc1nn(Cc2cccc(NC(=S)NC[C@@H]3CCCO3)c2)c(C)c1Br. The number of hydrogen-bond donors (Lipinski definition) is 2. The van der Waals surface area contributed by atoms with E-state index in [9.17, 15) is 0 Å². The van der Waals surface area contributed by atoms with E-state index in [1.54, 1.807) is 0 Å². The standard InChI is InChI=1S/C18H23BrN4OS/c1-12-17(19)13(2)23(22-12)11-14-5-3-6-15(9-14)21-18(25)20-10-16-7-4-8-24-16/h3,5-6,9,16H,4,7-8,10-11H2,1-2H3,(H2,20,21,25)/t16-/m0/s1. The third kappa shape index (κ3) is 4.80. The molecule has 0 spiro atoms. The zero-order valence-corrected chi connectivity index (χ0v) is 16.9. The summed E-state index contributed by atoms with van der Waals surface area (Å²) in [5.41, 5.74) is 4.28. The maximum Gasteiger partial charge on any atom is 0.170 e. The van der Waals surface area contributed by atoms with Crippen molar-refractivity contribution in [2.45, 2.75) is 39.3 Å². The summed E-state index contributed by atoms with van der Waals surface area (Å²) in [7, 11) is 0. The zero-order valence-electron chi connectivity index (χ0n) is 14.5. The summed E-state index contributed by atoms with van der Waals surface area (Å²) in [4.78, 5) is 0. The van der Waals surface area contributed by atoms with Crippen LogP contribution in [0, 0.1) is 13.8 Å². The minimum Gasteiger partial charge on any atom is -0.376 e. The molecule has 1 saturated heterocycles. The van der Waals surface area contributed by atoms with E-state index in [4.69, 9.17) is 17.0 Å². The fourth-order valence-electron chi connectivity index (χ4n) is 2.94. The number of ether oxygens (including phenoxy) is 1. The Balaban J connectivity index is 1.58. The Hall–Kier alpha value is -1.44. The van der Waals surface area contributed by atoms with Crippen LogP contribution in [0.5, 0.6) is 0 Å². The zero-order chi connectivity index (χ0) is 17.8. The molecule has 2 heterocycles. The number of nitrogens with one attached hydrogen (secondary N) is 2. The molecule has 1 atom stereocenters. The van der Waals surface area contributed by atoms with E-state index in [-0.39, 0.29) is 6.10 Å². The molecule has 1 aromatic carbocycles. The van der Waals surface area contributed by atoms with Gasteiger partial charge < -0.3 is 15.4 Å². The van der Waals surface area contributed by atoms with Crippen molar-refractivity contribution in [2.75, 3.05) is 18.5 Å². The molecule has 0 unspecified atom stereocenters. The molecule has 1 aromatic heterocycles. The van der Waals surface area contributed by atoms with Crippen molar-refractivity contribution in [1.29, 1.82) is 0 Å². The number of aryl methyl sites for hydroxylation is 1. The van der Waals surface area contributed by atoms with Crippen LogP contribution in [-0.4, -0.2) is 34.1 Å². The molecule has 0 amide bonds. The summed E-state index contributed by atoms with van der Waals surface area (Å²) in [6.07, 6.45) is 2.51. The predicted molar refractivity (Wildman–Crippen MR) is 108 cm³/mol. The molecule has 3 rings (SSSR count). The largest absolute Gasteiger partial charge is 0.376 e. The number of halogens is 1. The maximum absolute atomic E-state index is 5.60. The van der Waals surface area contributed by atoms with Crippen molar-refractivity contribution in [2.24, 2.45) is 0 Å². The molecule has 0 bridgehead atoms. The number of thiocarbonyl (C=S) groups is 1. The summed E-state index contributed by atoms with van der Waals surface area (Å²) in [5.74, 6) is 0. The number of rotatable bonds is 5. The summed E-state index contributed by atoms with van der Waals surface area (Å²) in [6.45, 7) is 6.41. The highest BCUT2D eigenvalue weighted by atomic mass is 79.9. The summed E-state index contributed by atoms with van der Waals surface area (Å²) < 4.78 is 8.68. The number of anilines is 1. The monoisotopic (exact) mass is 422 g/mol. The average molecular weight is 423 g/mol. The molecule has 1 aliphatic heterocycles. The van der Waals surface area contributed by atoms with E-state index in [1.165, 1.54) is 5.56 Å². The van der Waals surface area contributed by atoms with Gasteiger partial charge in [-0.15, -0.1) is 0 Å². The van der Waals surface area contributed by atoms with Crippen LogP contribution >= 0.6 is 28.1 Å². The van der Waals surface area contributed by atoms with Gasteiger partial charge in [0.05, 0.1) is 28.5 Å². The van der Waals surface area contributed by atoms with Crippen molar-refractivity contribution in [3.63, 3.8) is 0 Å². The Morgan fingerprint density at radius 1 is 1.44 bits per heavy atom. The fraction of sp³-hybridized carbons (Fsp3) is 0.444. The third-order valence-corrected chi connectivity index (χ3v) is 5.72. The Kier molecular flexibility index (Phi) is 6.09. The van der Waals surface area contributed by atoms with Crippen LogP contribution in [0.1, 0.15) is 29.8 Å². The van der Waals surface area contributed by atoms with E-state index in [0.717, 1.165) is 54.1 Å². The van der Waals surface area contributed by atoms with Crippen molar-refractivity contribution < 1.29 is 4.74 Å². The van der Waals surface area contributed by atoms with Gasteiger partial charge in [-0.25, -0.2) is 0 Å². The number of benzene rings is 1. The molecule has 2 N–H and O–H groups in total. The van der Waals surface area contributed by atoms with Gasteiger partial charge in [-0.05, 0) is 72.5 Å². The lowest BCUT2D eigenvalue weighted by Crippen LogP contribution is -2.34. The Bertz CT molecular complexity index is 756. The van der Waals surface area contributed by atoms with Crippen LogP contribution in [0.25, 0.3) is 0 Å². The Morgan fingerprint density at radius 2 is 2.28 bits per heavy atom. The van der Waals surface area contributed by atoms with Gasteiger partial charge in [0.15, 0.2) is 5.11 Å². The van der Waals surface area contributed by atoms with E-state index < -0.39 is 0 Å². The molecule has 0 saturated carbocycles. The maximum atomic E-state index is 5.60. The van der Waals surface area contributed by atoms with Gasteiger partial charge in [0.2, 0.25) is 0 Å². The molecule has 0 radical (unpaired) electrons. The molecule has 5 nitrogen and oxygen atoms in total. The number of aromatic nitrogens is 2. The van der Waals surface area contributed by atoms with E-state index >= 15 is 0 Å². The highest BCUT2D eigenvalue weighted by Crippen LogP contribution is 2.21. The second-order valence-corrected chi connectivity index (χ2v) is 7.51. The van der Waals surface area contributed by atoms with E-state index in [2.05, 4.69) is 50.7 Å². The summed E-state index contributed by atoms with van der Waals surface area (Å²) >= 11 is 8.96. The van der Waals surface area contributed by atoms with Gasteiger partial charge in [-0.2, -0.15) is 5.10 Å². The van der Waals surface area contributed by atoms with Crippen LogP contribution in [-0.2, 0) is 11.3 Å². The van der Waals surface area contributed by atoms with Gasteiger partial charge in [0.1, 0.15) is 0 Å². The number of nitrogens with zero attached hydrogens (tertiary/aromatic N) is 2. The van der Waals surface area contributed by atoms with Gasteiger partial charge >= 0.3 is 0 Å². The second-order valence-electron chi connectivity index (χ2n) is 6.31. The third-order valence-electron chi connectivity index (χ3n) is 4.32. The van der Waals surface area contributed by atoms with Crippen LogP contribution in [0.3, 0.4) is 0 Å². The molecule has 134 valence electrons. The lowest BCUT2D eigenvalue weighted by atomic mass is 10.2. The Morgan fingerprint density at radius 3 is 2.96 bits per heavy atom. The molecule has 1 aliphatic rings. The van der Waals surface area contributed by atoms with Crippen LogP contribution < -0.4 is 10.6 Å². The summed E-state index contributed by atoms with van der Waals surface area (Å²) in [5, 5.41) is 11.7. The first-order valence-corrected chi connectivity index (χ1v) is 9.68. The average Bonchev–Trinajstić information content (AvgIpc) is 3.19. The smallest absolute Gasteiger partial charge is 0.170 e. The van der Waals surface area contributed by atoms with Crippen LogP contribution in [0.15, 0.2) is 28.7 Å². The van der Waals surface area contributed by atoms with Gasteiger partial charge in [0, 0.05) is 18.8 Å². The highest BCUT2D eigenvalue weighted by Gasteiger charge is 2.15. The topological polar surface area (TPSA) is 51.1 Å². The first-order valence-electron chi connectivity index (χ1n) is 8.48. The Labute approximate surface area is 162 Å². The van der Waals surface area contributed by atoms with E-state index in [0.29, 0.717) is 5.11 Å². The second kappa shape index (κ2) is 8.29. The quantitative estimate of drug-likeness (QED) is 0.717. The summed E-state index contributed by atoms with van der Waals surface area (Å²) in [6, 6.07) is 8.24. The van der Waals surface area contributed by atoms with Gasteiger partial charge in [-0.1, -0.05) is 12.1 Å². The predicted octanol–water partition coefficient (Wildman–Crippen LogP) is 3.78. The molecular formula is C18H23BrN4OS. The lowest BCUT2D eigenvalue weighted by Gasteiger charge is -2.14. The van der Waals surface area contributed by atoms with Gasteiger partial charge in [-0.3, -0.25) is 4.68 Å². The fourth-order valence-corrected chi connectivity index (χ4v) is 3.42. The highest BCUT2D eigenvalue weighted by molar-refractivity contribution is 9.10. The molecule has 25 heavy (non-hydrogen) atoms. The van der Waals surface area contributed by atoms with Crippen LogP contribution in [0.4, 0.5) is 5.69 Å². The first kappa shape index (κ1) is 18.4.